The van der Waals surface area contributed by atoms with E-state index in [1.807, 2.05) is 24.3 Å². The van der Waals surface area contributed by atoms with Crippen LogP contribution >= 0.6 is 12.2 Å². The van der Waals surface area contributed by atoms with Crippen LogP contribution in [0.2, 0.25) is 0 Å². The SMILES string of the molecule is CC1(C)CCCC1C(=O)Nc1ccccc1C(N)=S. The van der Waals surface area contributed by atoms with Gasteiger partial charge in [-0.3, -0.25) is 4.79 Å². The third kappa shape index (κ3) is 2.95. The molecule has 1 aliphatic carbocycles. The molecule has 1 unspecified atom stereocenters. The summed E-state index contributed by atoms with van der Waals surface area (Å²) < 4.78 is 0. The molecular weight excluding hydrogens is 256 g/mol. The first-order chi connectivity index (χ1) is 8.92. The van der Waals surface area contributed by atoms with Crippen molar-refractivity contribution in [1.82, 2.24) is 0 Å². The molecule has 0 aliphatic heterocycles. The number of hydrogen-bond acceptors (Lipinski definition) is 2. The number of nitrogens with one attached hydrogen (secondary N) is 1. The number of rotatable bonds is 3. The van der Waals surface area contributed by atoms with Crippen molar-refractivity contribution in [2.24, 2.45) is 17.1 Å². The van der Waals surface area contributed by atoms with E-state index >= 15 is 0 Å². The van der Waals surface area contributed by atoms with Crippen molar-refractivity contribution in [1.29, 1.82) is 0 Å². The third-order valence-electron chi connectivity index (χ3n) is 4.02. The number of nitrogens with two attached hydrogens (primary N) is 1. The van der Waals surface area contributed by atoms with Crippen LogP contribution in [-0.4, -0.2) is 10.9 Å². The fraction of sp³-hybridized carbons (Fsp3) is 0.467. The molecule has 0 spiro atoms. The third-order valence-corrected chi connectivity index (χ3v) is 4.24. The van der Waals surface area contributed by atoms with Gasteiger partial charge in [-0.05, 0) is 30.4 Å². The first-order valence-electron chi connectivity index (χ1n) is 6.61. The summed E-state index contributed by atoms with van der Waals surface area (Å²) >= 11 is 5.01. The Hall–Kier alpha value is -1.42. The maximum Gasteiger partial charge on any atom is 0.228 e. The second kappa shape index (κ2) is 5.29. The van der Waals surface area contributed by atoms with Crippen LogP contribution in [0.25, 0.3) is 0 Å². The highest BCUT2D eigenvalue weighted by Crippen LogP contribution is 2.43. The Balaban J connectivity index is 2.18. The molecule has 0 bridgehead atoms. The van der Waals surface area contributed by atoms with E-state index < -0.39 is 0 Å². The van der Waals surface area contributed by atoms with E-state index in [2.05, 4.69) is 19.2 Å². The van der Waals surface area contributed by atoms with Gasteiger partial charge in [0.2, 0.25) is 5.91 Å². The van der Waals surface area contributed by atoms with E-state index in [-0.39, 0.29) is 17.2 Å². The van der Waals surface area contributed by atoms with Crippen molar-refractivity contribution in [3.63, 3.8) is 0 Å². The summed E-state index contributed by atoms with van der Waals surface area (Å²) in [5.41, 5.74) is 7.18. The first kappa shape index (κ1) is 14.0. The van der Waals surface area contributed by atoms with Gasteiger partial charge < -0.3 is 11.1 Å². The predicted octanol–water partition coefficient (Wildman–Crippen LogP) is 3.09. The molecule has 0 radical (unpaired) electrons. The van der Waals surface area contributed by atoms with Gasteiger partial charge >= 0.3 is 0 Å². The van der Waals surface area contributed by atoms with Crippen LogP contribution in [0.5, 0.6) is 0 Å². The van der Waals surface area contributed by atoms with Crippen LogP contribution in [-0.2, 0) is 4.79 Å². The molecule has 4 heteroatoms. The van der Waals surface area contributed by atoms with Crippen molar-refractivity contribution >= 4 is 28.8 Å². The van der Waals surface area contributed by atoms with Gasteiger partial charge in [-0.1, -0.05) is 44.6 Å². The highest BCUT2D eigenvalue weighted by atomic mass is 32.1. The lowest BCUT2D eigenvalue weighted by Gasteiger charge is -2.26. The summed E-state index contributed by atoms with van der Waals surface area (Å²) in [5.74, 6) is 0.137. The molecule has 3 N–H and O–H groups in total. The van der Waals surface area contributed by atoms with Crippen molar-refractivity contribution in [3.05, 3.63) is 29.8 Å². The zero-order valence-electron chi connectivity index (χ0n) is 11.4. The smallest absolute Gasteiger partial charge is 0.228 e. The van der Waals surface area contributed by atoms with Gasteiger partial charge in [-0.15, -0.1) is 0 Å². The van der Waals surface area contributed by atoms with Gasteiger partial charge in [0.05, 0.1) is 5.69 Å². The van der Waals surface area contributed by atoms with Gasteiger partial charge in [-0.2, -0.15) is 0 Å². The monoisotopic (exact) mass is 276 g/mol. The second-order valence-electron chi connectivity index (χ2n) is 5.83. The van der Waals surface area contributed by atoms with Gasteiger partial charge in [0, 0.05) is 11.5 Å². The van der Waals surface area contributed by atoms with Gasteiger partial charge in [0.15, 0.2) is 0 Å². The number of para-hydroxylation sites is 1. The zero-order valence-corrected chi connectivity index (χ0v) is 12.2. The molecule has 2 rings (SSSR count). The van der Waals surface area contributed by atoms with Crippen LogP contribution < -0.4 is 11.1 Å². The fourth-order valence-electron chi connectivity index (χ4n) is 2.84. The van der Waals surface area contributed by atoms with Crippen molar-refractivity contribution in [2.75, 3.05) is 5.32 Å². The normalized spacial score (nSPS) is 21.1. The highest BCUT2D eigenvalue weighted by Gasteiger charge is 2.39. The number of hydrogen-bond donors (Lipinski definition) is 2. The Morgan fingerprint density at radius 1 is 1.42 bits per heavy atom. The molecular formula is C15H20N2OS. The van der Waals surface area contributed by atoms with E-state index in [9.17, 15) is 4.79 Å². The predicted molar refractivity (Wildman–Crippen MR) is 82.1 cm³/mol. The molecule has 1 saturated carbocycles. The molecule has 3 nitrogen and oxygen atoms in total. The highest BCUT2D eigenvalue weighted by molar-refractivity contribution is 7.80. The number of carbonyl (C=O) groups excluding carboxylic acids is 1. The van der Waals surface area contributed by atoms with Gasteiger partial charge in [0.1, 0.15) is 4.99 Å². The van der Waals surface area contributed by atoms with Crippen molar-refractivity contribution in [3.8, 4) is 0 Å². The summed E-state index contributed by atoms with van der Waals surface area (Å²) in [7, 11) is 0. The van der Waals surface area contributed by atoms with Crippen LogP contribution in [0.1, 0.15) is 38.7 Å². The molecule has 1 aromatic rings. The summed E-state index contributed by atoms with van der Waals surface area (Å²) in [6, 6.07) is 7.41. The van der Waals surface area contributed by atoms with Crippen LogP contribution in [0, 0.1) is 11.3 Å². The molecule has 1 aromatic carbocycles. The Morgan fingerprint density at radius 2 is 2.11 bits per heavy atom. The Morgan fingerprint density at radius 3 is 2.68 bits per heavy atom. The lowest BCUT2D eigenvalue weighted by atomic mass is 9.81. The van der Waals surface area contributed by atoms with E-state index in [0.29, 0.717) is 10.7 Å². The van der Waals surface area contributed by atoms with E-state index in [0.717, 1.165) is 24.8 Å². The van der Waals surface area contributed by atoms with Crippen LogP contribution in [0.15, 0.2) is 24.3 Å². The minimum atomic E-state index is 0.0619. The molecule has 0 saturated heterocycles. The lowest BCUT2D eigenvalue weighted by molar-refractivity contribution is -0.122. The Kier molecular flexibility index (Phi) is 3.90. The molecule has 102 valence electrons. The Bertz CT molecular complexity index is 511. The van der Waals surface area contributed by atoms with Crippen LogP contribution in [0.3, 0.4) is 0 Å². The van der Waals surface area contributed by atoms with Crippen LogP contribution in [0.4, 0.5) is 5.69 Å². The van der Waals surface area contributed by atoms with Gasteiger partial charge in [0.25, 0.3) is 0 Å². The number of anilines is 1. The molecule has 1 atom stereocenters. The number of thiocarbonyl (C=S) groups is 1. The number of amides is 1. The minimum absolute atomic E-state index is 0.0619. The Labute approximate surface area is 119 Å². The summed E-state index contributed by atoms with van der Waals surface area (Å²) in [4.78, 5) is 12.7. The number of benzene rings is 1. The van der Waals surface area contributed by atoms with Crippen molar-refractivity contribution < 1.29 is 4.79 Å². The van der Waals surface area contributed by atoms with E-state index in [1.165, 1.54) is 0 Å². The molecule has 19 heavy (non-hydrogen) atoms. The summed E-state index contributed by atoms with van der Waals surface area (Å²) in [6.45, 7) is 4.31. The van der Waals surface area contributed by atoms with Crippen molar-refractivity contribution in [2.45, 2.75) is 33.1 Å². The summed E-state index contributed by atoms with van der Waals surface area (Å²) in [6.07, 6.45) is 3.16. The molecule has 1 fully saturated rings. The average Bonchev–Trinajstić information content (AvgIpc) is 2.69. The van der Waals surface area contributed by atoms with E-state index in [4.69, 9.17) is 18.0 Å². The molecule has 0 heterocycles. The lowest BCUT2D eigenvalue weighted by Crippen LogP contribution is -2.31. The topological polar surface area (TPSA) is 55.1 Å². The summed E-state index contributed by atoms with van der Waals surface area (Å²) in [5, 5.41) is 2.98. The zero-order chi connectivity index (χ0) is 14.0. The second-order valence-corrected chi connectivity index (χ2v) is 6.27. The maximum atomic E-state index is 12.4. The van der Waals surface area contributed by atoms with Gasteiger partial charge in [-0.25, -0.2) is 0 Å². The largest absolute Gasteiger partial charge is 0.389 e. The minimum Gasteiger partial charge on any atom is -0.389 e. The molecule has 1 aliphatic rings. The standard InChI is InChI=1S/C15H20N2OS/c1-15(2)9-5-7-11(15)14(18)17-12-8-4-3-6-10(12)13(16)19/h3-4,6,8,11H,5,7,9H2,1-2H3,(H2,16,19)(H,17,18). The quantitative estimate of drug-likeness (QED) is 0.834. The molecule has 0 aromatic heterocycles. The maximum absolute atomic E-state index is 12.4. The molecule has 1 amide bonds. The average molecular weight is 276 g/mol. The van der Waals surface area contributed by atoms with E-state index in [1.54, 1.807) is 0 Å². The fourth-order valence-corrected chi connectivity index (χ4v) is 3.02. The number of carbonyl (C=O) groups is 1. The first-order valence-corrected chi connectivity index (χ1v) is 7.02.